The summed E-state index contributed by atoms with van der Waals surface area (Å²) in [7, 11) is 0. The summed E-state index contributed by atoms with van der Waals surface area (Å²) in [6, 6.07) is 4.84. The summed E-state index contributed by atoms with van der Waals surface area (Å²) in [5, 5.41) is 19.7. The van der Waals surface area contributed by atoms with Gasteiger partial charge in [-0.15, -0.1) is 11.8 Å². The number of thioether (sulfide) groups is 1. The third-order valence-corrected chi connectivity index (χ3v) is 3.55. The molecule has 0 aliphatic heterocycles. The molecule has 1 aromatic carbocycles. The zero-order valence-corrected chi connectivity index (χ0v) is 12.2. The molecule has 1 aromatic rings. The van der Waals surface area contributed by atoms with Gasteiger partial charge in [0, 0.05) is 5.25 Å². The van der Waals surface area contributed by atoms with Crippen molar-refractivity contribution in [3.05, 3.63) is 28.3 Å². The minimum absolute atomic E-state index is 0.0537. The van der Waals surface area contributed by atoms with Crippen LogP contribution in [0.4, 0.5) is 5.69 Å². The number of para-hydroxylation sites is 1. The molecule has 7 heteroatoms. The largest absolute Gasteiger partial charge is 0.487 e. The third-order valence-electron chi connectivity index (χ3n) is 2.40. The molecule has 0 aromatic heterocycles. The summed E-state index contributed by atoms with van der Waals surface area (Å²) in [5.41, 5.74) is -0.0943. The number of benzene rings is 1. The fourth-order valence-corrected chi connectivity index (χ4v) is 2.71. The van der Waals surface area contributed by atoms with E-state index in [2.05, 4.69) is 0 Å². The molecule has 0 heterocycles. The quantitative estimate of drug-likeness (QED) is 0.450. The Bertz CT molecular complexity index is 492. The summed E-state index contributed by atoms with van der Waals surface area (Å²) in [6.07, 6.45) is 0.700. The molecule has 1 N–H and O–H groups in total. The van der Waals surface area contributed by atoms with E-state index in [0.29, 0.717) is 11.5 Å². The highest BCUT2D eigenvalue weighted by molar-refractivity contribution is 8.00. The number of aliphatic carboxylic acids is 1. The molecule has 1 rings (SSSR count). The van der Waals surface area contributed by atoms with E-state index in [9.17, 15) is 14.9 Å². The smallest absolute Gasteiger partial charge is 0.324 e. The van der Waals surface area contributed by atoms with Crippen molar-refractivity contribution in [3.63, 3.8) is 0 Å². The summed E-state index contributed by atoms with van der Waals surface area (Å²) in [6.45, 7) is 4.04. The van der Waals surface area contributed by atoms with Crippen LogP contribution in [-0.2, 0) is 4.79 Å². The molecular weight excluding hydrogens is 282 g/mol. The lowest BCUT2D eigenvalue weighted by Crippen LogP contribution is -2.06. The summed E-state index contributed by atoms with van der Waals surface area (Å²) in [4.78, 5) is 21.8. The fraction of sp³-hybridized carbons (Fsp3) is 0.462. The number of rotatable bonds is 8. The first-order chi connectivity index (χ1) is 9.45. The van der Waals surface area contributed by atoms with Gasteiger partial charge in [-0.3, -0.25) is 14.9 Å². The summed E-state index contributed by atoms with van der Waals surface area (Å²) < 4.78 is 5.38. The SMILES string of the molecule is CCCOc1cccc(SC(C)CC(=O)O)c1[N+](=O)[O-]. The maximum Gasteiger partial charge on any atom is 0.324 e. The molecule has 0 bridgehead atoms. The highest BCUT2D eigenvalue weighted by Gasteiger charge is 2.23. The Hall–Kier alpha value is -1.76. The van der Waals surface area contributed by atoms with Gasteiger partial charge in [0.2, 0.25) is 0 Å². The van der Waals surface area contributed by atoms with Crippen LogP contribution < -0.4 is 4.74 Å². The molecule has 0 aliphatic carbocycles. The van der Waals surface area contributed by atoms with Crippen LogP contribution in [0.1, 0.15) is 26.7 Å². The zero-order chi connectivity index (χ0) is 15.1. The summed E-state index contributed by atoms with van der Waals surface area (Å²) in [5.74, 6) is -0.699. The van der Waals surface area contributed by atoms with E-state index in [1.165, 1.54) is 11.8 Å². The maximum absolute atomic E-state index is 11.2. The van der Waals surface area contributed by atoms with Gasteiger partial charge in [-0.25, -0.2) is 0 Å². The molecule has 0 radical (unpaired) electrons. The molecular formula is C13H17NO5S. The molecule has 0 fully saturated rings. The standard InChI is InChI=1S/C13H17NO5S/c1-3-7-19-10-5-4-6-11(13(10)14(17)18)20-9(2)8-12(15)16/h4-6,9H,3,7-8H2,1-2H3,(H,15,16). The Balaban J connectivity index is 2.99. The second-order valence-electron chi connectivity index (χ2n) is 4.23. The van der Waals surface area contributed by atoms with Crippen molar-refractivity contribution in [2.45, 2.75) is 36.8 Å². The van der Waals surface area contributed by atoms with Gasteiger partial charge in [0.25, 0.3) is 0 Å². The molecule has 0 saturated heterocycles. The number of ether oxygens (including phenoxy) is 1. The molecule has 1 atom stereocenters. The van der Waals surface area contributed by atoms with E-state index in [-0.39, 0.29) is 23.1 Å². The van der Waals surface area contributed by atoms with E-state index in [4.69, 9.17) is 9.84 Å². The van der Waals surface area contributed by atoms with Crippen molar-refractivity contribution in [1.29, 1.82) is 0 Å². The molecule has 0 spiro atoms. The Morgan fingerprint density at radius 2 is 2.25 bits per heavy atom. The first-order valence-corrected chi connectivity index (χ1v) is 7.12. The number of hydrogen-bond donors (Lipinski definition) is 1. The van der Waals surface area contributed by atoms with Crippen LogP contribution in [0.3, 0.4) is 0 Å². The van der Waals surface area contributed by atoms with Crippen LogP contribution in [0.2, 0.25) is 0 Å². The third kappa shape index (κ3) is 4.73. The Labute approximate surface area is 121 Å². The van der Waals surface area contributed by atoms with Crippen molar-refractivity contribution in [1.82, 2.24) is 0 Å². The highest BCUT2D eigenvalue weighted by Crippen LogP contribution is 2.39. The second kappa shape index (κ2) is 7.74. The van der Waals surface area contributed by atoms with E-state index < -0.39 is 10.9 Å². The van der Waals surface area contributed by atoms with Gasteiger partial charge in [0.15, 0.2) is 5.75 Å². The van der Waals surface area contributed by atoms with E-state index >= 15 is 0 Å². The van der Waals surface area contributed by atoms with Crippen LogP contribution in [0.25, 0.3) is 0 Å². The molecule has 0 saturated carbocycles. The topological polar surface area (TPSA) is 89.7 Å². The maximum atomic E-state index is 11.2. The monoisotopic (exact) mass is 299 g/mol. The van der Waals surface area contributed by atoms with Gasteiger partial charge in [-0.2, -0.15) is 0 Å². The van der Waals surface area contributed by atoms with Crippen molar-refractivity contribution >= 4 is 23.4 Å². The Morgan fingerprint density at radius 3 is 2.80 bits per heavy atom. The summed E-state index contributed by atoms with van der Waals surface area (Å²) >= 11 is 1.17. The van der Waals surface area contributed by atoms with E-state index in [1.54, 1.807) is 25.1 Å². The second-order valence-corrected chi connectivity index (χ2v) is 5.72. The van der Waals surface area contributed by atoms with Crippen LogP contribution in [0.15, 0.2) is 23.1 Å². The minimum Gasteiger partial charge on any atom is -0.487 e. The van der Waals surface area contributed by atoms with Crippen molar-refractivity contribution in [3.8, 4) is 5.75 Å². The van der Waals surface area contributed by atoms with Gasteiger partial charge in [-0.1, -0.05) is 19.9 Å². The number of carboxylic acids is 1. The van der Waals surface area contributed by atoms with Crippen molar-refractivity contribution < 1.29 is 19.6 Å². The van der Waals surface area contributed by atoms with Crippen molar-refractivity contribution in [2.75, 3.05) is 6.61 Å². The van der Waals surface area contributed by atoms with Crippen LogP contribution in [0.5, 0.6) is 5.75 Å². The fourth-order valence-electron chi connectivity index (χ4n) is 1.61. The minimum atomic E-state index is -0.925. The van der Waals surface area contributed by atoms with Gasteiger partial charge < -0.3 is 9.84 Å². The Kier molecular flexibility index (Phi) is 6.30. The van der Waals surface area contributed by atoms with Crippen LogP contribution in [-0.4, -0.2) is 27.9 Å². The number of hydrogen-bond acceptors (Lipinski definition) is 5. The first kappa shape index (κ1) is 16.3. The molecule has 0 aliphatic rings. The van der Waals surface area contributed by atoms with Crippen LogP contribution >= 0.6 is 11.8 Å². The number of carboxylic acid groups (broad SMARTS) is 1. The number of nitrogens with zero attached hydrogens (tertiary/aromatic N) is 1. The predicted molar refractivity (Wildman–Crippen MR) is 76.5 cm³/mol. The van der Waals surface area contributed by atoms with Gasteiger partial charge in [0.1, 0.15) is 0 Å². The molecule has 110 valence electrons. The highest BCUT2D eigenvalue weighted by atomic mass is 32.2. The molecule has 20 heavy (non-hydrogen) atoms. The first-order valence-electron chi connectivity index (χ1n) is 6.24. The van der Waals surface area contributed by atoms with E-state index in [1.807, 2.05) is 6.92 Å². The molecule has 0 amide bonds. The van der Waals surface area contributed by atoms with Crippen molar-refractivity contribution in [2.24, 2.45) is 0 Å². The number of nitro benzene ring substituents is 1. The normalized spacial score (nSPS) is 11.9. The number of carbonyl (C=O) groups is 1. The van der Waals surface area contributed by atoms with Gasteiger partial charge in [0.05, 0.1) is 22.8 Å². The average molecular weight is 299 g/mol. The predicted octanol–water partition coefficient (Wildman–Crippen LogP) is 3.34. The van der Waals surface area contributed by atoms with Gasteiger partial charge >= 0.3 is 11.7 Å². The lowest BCUT2D eigenvalue weighted by atomic mass is 10.3. The number of nitro groups is 1. The van der Waals surface area contributed by atoms with Crippen LogP contribution in [0, 0.1) is 10.1 Å². The molecule has 1 unspecified atom stereocenters. The van der Waals surface area contributed by atoms with Gasteiger partial charge in [-0.05, 0) is 18.6 Å². The average Bonchev–Trinajstić information content (AvgIpc) is 2.34. The van der Waals surface area contributed by atoms with E-state index in [0.717, 1.165) is 6.42 Å². The lowest BCUT2D eigenvalue weighted by Gasteiger charge is -2.11. The zero-order valence-electron chi connectivity index (χ0n) is 11.4. The Morgan fingerprint density at radius 1 is 1.55 bits per heavy atom. The lowest BCUT2D eigenvalue weighted by molar-refractivity contribution is -0.388. The molecule has 6 nitrogen and oxygen atoms in total.